The van der Waals surface area contributed by atoms with E-state index in [1.807, 2.05) is 12.1 Å². The molecule has 0 unspecified atom stereocenters. The van der Waals surface area contributed by atoms with Crippen molar-refractivity contribution in [3.8, 4) is 0 Å². The number of hydrogen-bond donors (Lipinski definition) is 1. The highest BCUT2D eigenvalue weighted by Crippen LogP contribution is 2.45. The Morgan fingerprint density at radius 2 is 2.12 bits per heavy atom. The van der Waals surface area contributed by atoms with Crippen molar-refractivity contribution in [2.75, 3.05) is 5.75 Å². The maximum Gasteiger partial charge on any atom is 0.155 e. The normalized spacial score (nSPS) is 29.1. The van der Waals surface area contributed by atoms with Gasteiger partial charge in [0.1, 0.15) is 0 Å². The molecular weight excluding hydrogens is 246 g/mol. The predicted octanol–water partition coefficient (Wildman–Crippen LogP) is 1.57. The first-order chi connectivity index (χ1) is 7.47. The van der Waals surface area contributed by atoms with Crippen LogP contribution in [0.1, 0.15) is 18.4 Å². The average Bonchev–Trinajstić information content (AvgIpc) is 2.91. The van der Waals surface area contributed by atoms with Crippen LogP contribution in [0.2, 0.25) is 5.02 Å². The number of nitrogens with two attached hydrogens (primary N) is 1. The SMILES string of the molecule is CCS(=O)(=O)[C@@H]1[C@@H](N)[C@H]1c1cccc(Cl)c1. The molecule has 0 amide bonds. The summed E-state index contributed by atoms with van der Waals surface area (Å²) in [6, 6.07) is 6.96. The molecule has 1 aliphatic carbocycles. The van der Waals surface area contributed by atoms with Gasteiger partial charge < -0.3 is 5.73 Å². The van der Waals surface area contributed by atoms with Crippen LogP contribution in [0.3, 0.4) is 0 Å². The van der Waals surface area contributed by atoms with Crippen molar-refractivity contribution in [1.29, 1.82) is 0 Å². The van der Waals surface area contributed by atoms with Crippen LogP contribution >= 0.6 is 11.6 Å². The van der Waals surface area contributed by atoms with Crippen molar-refractivity contribution < 1.29 is 8.42 Å². The molecule has 88 valence electrons. The highest BCUT2D eigenvalue weighted by Gasteiger charge is 2.55. The first-order valence-corrected chi connectivity index (χ1v) is 7.29. The minimum Gasteiger partial charge on any atom is -0.326 e. The lowest BCUT2D eigenvalue weighted by Gasteiger charge is -2.00. The van der Waals surface area contributed by atoms with Gasteiger partial charge in [0.2, 0.25) is 0 Å². The molecule has 1 saturated carbocycles. The van der Waals surface area contributed by atoms with E-state index in [0.29, 0.717) is 5.02 Å². The maximum absolute atomic E-state index is 11.7. The van der Waals surface area contributed by atoms with E-state index >= 15 is 0 Å². The van der Waals surface area contributed by atoms with E-state index in [-0.39, 0.29) is 17.7 Å². The fourth-order valence-electron chi connectivity index (χ4n) is 2.09. The molecule has 0 aromatic heterocycles. The smallest absolute Gasteiger partial charge is 0.155 e. The second-order valence-corrected chi connectivity index (χ2v) is 6.96. The Bertz CT molecular complexity index is 500. The third-order valence-corrected chi connectivity index (χ3v) is 5.53. The molecule has 1 aliphatic rings. The van der Waals surface area contributed by atoms with Crippen molar-refractivity contribution in [3.05, 3.63) is 34.9 Å². The van der Waals surface area contributed by atoms with E-state index in [1.165, 1.54) is 0 Å². The Morgan fingerprint density at radius 3 is 2.69 bits per heavy atom. The molecule has 3 atom stereocenters. The van der Waals surface area contributed by atoms with Crippen LogP contribution in [0.4, 0.5) is 0 Å². The van der Waals surface area contributed by atoms with Crippen LogP contribution in [0.15, 0.2) is 24.3 Å². The number of halogens is 1. The molecule has 0 bridgehead atoms. The van der Waals surface area contributed by atoms with Crippen LogP contribution in [0.5, 0.6) is 0 Å². The summed E-state index contributed by atoms with van der Waals surface area (Å²) in [6.07, 6.45) is 0. The Labute approximate surface area is 101 Å². The van der Waals surface area contributed by atoms with Crippen LogP contribution in [-0.2, 0) is 9.84 Å². The highest BCUT2D eigenvalue weighted by atomic mass is 35.5. The Kier molecular flexibility index (Phi) is 2.99. The van der Waals surface area contributed by atoms with E-state index in [4.69, 9.17) is 17.3 Å². The summed E-state index contributed by atoms with van der Waals surface area (Å²) in [7, 11) is -3.05. The van der Waals surface area contributed by atoms with Gasteiger partial charge in [0, 0.05) is 22.7 Å². The lowest BCUT2D eigenvalue weighted by atomic mass is 10.1. The zero-order chi connectivity index (χ0) is 11.9. The summed E-state index contributed by atoms with van der Waals surface area (Å²) in [5, 5.41) is 0.181. The predicted molar refractivity (Wildman–Crippen MR) is 65.4 cm³/mol. The first-order valence-electron chi connectivity index (χ1n) is 5.20. The van der Waals surface area contributed by atoms with E-state index in [0.717, 1.165) is 5.56 Å². The van der Waals surface area contributed by atoms with Gasteiger partial charge in [-0.05, 0) is 17.7 Å². The van der Waals surface area contributed by atoms with E-state index in [9.17, 15) is 8.42 Å². The van der Waals surface area contributed by atoms with Gasteiger partial charge in [-0.1, -0.05) is 30.7 Å². The molecule has 2 rings (SSSR count). The number of hydrogen-bond acceptors (Lipinski definition) is 3. The summed E-state index contributed by atoms with van der Waals surface area (Å²) in [6.45, 7) is 1.65. The van der Waals surface area contributed by atoms with Gasteiger partial charge in [-0.3, -0.25) is 0 Å². The van der Waals surface area contributed by atoms with Gasteiger partial charge in [0.05, 0.1) is 5.25 Å². The molecule has 5 heteroatoms. The molecule has 2 N–H and O–H groups in total. The summed E-state index contributed by atoms with van der Waals surface area (Å²) in [4.78, 5) is 0. The van der Waals surface area contributed by atoms with Crippen LogP contribution in [0.25, 0.3) is 0 Å². The van der Waals surface area contributed by atoms with Gasteiger partial charge in [0.25, 0.3) is 0 Å². The highest BCUT2D eigenvalue weighted by molar-refractivity contribution is 7.92. The molecule has 0 heterocycles. The van der Waals surface area contributed by atoms with Crippen LogP contribution < -0.4 is 5.73 Å². The van der Waals surface area contributed by atoms with Gasteiger partial charge in [-0.25, -0.2) is 8.42 Å². The fraction of sp³-hybridized carbons (Fsp3) is 0.455. The van der Waals surface area contributed by atoms with Crippen LogP contribution in [-0.4, -0.2) is 25.5 Å². The quantitative estimate of drug-likeness (QED) is 0.896. The van der Waals surface area contributed by atoms with Crippen molar-refractivity contribution >= 4 is 21.4 Å². The minimum absolute atomic E-state index is 0.0938. The lowest BCUT2D eigenvalue weighted by molar-refractivity contribution is 0.594. The largest absolute Gasteiger partial charge is 0.326 e. The van der Waals surface area contributed by atoms with Gasteiger partial charge >= 0.3 is 0 Å². The zero-order valence-corrected chi connectivity index (χ0v) is 10.5. The first kappa shape index (κ1) is 11.9. The minimum atomic E-state index is -3.05. The topological polar surface area (TPSA) is 60.2 Å². The van der Waals surface area contributed by atoms with Gasteiger partial charge in [0.15, 0.2) is 9.84 Å². The lowest BCUT2D eigenvalue weighted by Crippen LogP contribution is -2.17. The Balaban J connectivity index is 2.27. The summed E-state index contributed by atoms with van der Waals surface area (Å²) in [5.74, 6) is 0.0475. The van der Waals surface area contributed by atoms with E-state index in [2.05, 4.69) is 0 Å². The van der Waals surface area contributed by atoms with E-state index in [1.54, 1.807) is 19.1 Å². The van der Waals surface area contributed by atoms with Crippen LogP contribution in [0, 0.1) is 0 Å². The molecule has 3 nitrogen and oxygen atoms in total. The van der Waals surface area contributed by atoms with Crippen molar-refractivity contribution in [3.63, 3.8) is 0 Å². The summed E-state index contributed by atoms with van der Waals surface area (Å²) >= 11 is 5.87. The Hall–Kier alpha value is -0.580. The second kappa shape index (κ2) is 4.02. The average molecular weight is 260 g/mol. The molecule has 16 heavy (non-hydrogen) atoms. The van der Waals surface area contributed by atoms with Gasteiger partial charge in [-0.15, -0.1) is 0 Å². The van der Waals surface area contributed by atoms with Crippen molar-refractivity contribution in [2.45, 2.75) is 24.1 Å². The number of benzene rings is 1. The molecule has 0 spiro atoms. The summed E-state index contributed by atoms with van der Waals surface area (Å²) < 4.78 is 23.5. The standard InChI is InChI=1S/C11H14ClNO2S/c1-2-16(14,15)11-9(10(11)13)7-4-3-5-8(12)6-7/h3-6,9-11H,2,13H2,1H3/t9-,10+,11+/m1/s1. The molecule has 1 fully saturated rings. The van der Waals surface area contributed by atoms with Crippen molar-refractivity contribution in [1.82, 2.24) is 0 Å². The number of rotatable bonds is 3. The van der Waals surface area contributed by atoms with E-state index < -0.39 is 15.1 Å². The molecule has 0 saturated heterocycles. The molecule has 0 radical (unpaired) electrons. The molecule has 0 aliphatic heterocycles. The zero-order valence-electron chi connectivity index (χ0n) is 8.93. The van der Waals surface area contributed by atoms with Gasteiger partial charge in [-0.2, -0.15) is 0 Å². The third kappa shape index (κ3) is 1.97. The van der Waals surface area contributed by atoms with Crippen molar-refractivity contribution in [2.24, 2.45) is 5.73 Å². The molecule has 1 aromatic rings. The maximum atomic E-state index is 11.7. The third-order valence-electron chi connectivity index (χ3n) is 3.06. The molecular formula is C11H14ClNO2S. The monoisotopic (exact) mass is 259 g/mol. The summed E-state index contributed by atoms with van der Waals surface area (Å²) in [5.41, 5.74) is 6.75. The second-order valence-electron chi connectivity index (χ2n) is 4.07. The Morgan fingerprint density at radius 1 is 1.44 bits per heavy atom. The fourth-order valence-corrected chi connectivity index (χ4v) is 4.01. The number of sulfone groups is 1. The molecule has 1 aromatic carbocycles.